The topological polar surface area (TPSA) is 171 Å². The molecular formula is C25H40O10. The van der Waals surface area contributed by atoms with E-state index in [1.54, 1.807) is 0 Å². The monoisotopic (exact) mass is 500 g/mol. The van der Waals surface area contributed by atoms with Crippen LogP contribution >= 0.6 is 0 Å². The molecule has 0 bridgehead atoms. The van der Waals surface area contributed by atoms with Crippen LogP contribution in [0.4, 0.5) is 0 Å². The van der Waals surface area contributed by atoms with Crippen LogP contribution in [0.1, 0.15) is 90.0 Å². The number of Topliss-reactive ketones (excluding diaryl/α,β-unsaturated/α-hetero) is 10. The van der Waals surface area contributed by atoms with Crippen molar-refractivity contribution >= 4 is 57.8 Å². The first-order valence-electron chi connectivity index (χ1n) is 10.4. The Balaban J connectivity index is -0.000000151. The molecule has 0 aromatic rings. The molecule has 0 radical (unpaired) electrons. The van der Waals surface area contributed by atoms with Gasteiger partial charge in [-0.05, 0) is 90.0 Å². The molecule has 0 N–H and O–H groups in total. The average molecular weight is 501 g/mol. The quantitative estimate of drug-likeness (QED) is 0.473. The molecule has 0 aliphatic carbocycles. The van der Waals surface area contributed by atoms with E-state index in [1.165, 1.54) is 55.4 Å². The Labute approximate surface area is 207 Å². The standard InChI is InChI=1S/C13H16O6.4C3H6O/c1-6(14)11(7(2)15)12(19)13(8(3)16,9(4)17)10(5)18;4*1-3(2)4/h11H,1-5H3;4*1-2H3. The maximum Gasteiger partial charge on any atom is 0.203 e. The van der Waals surface area contributed by atoms with Gasteiger partial charge in [0.1, 0.15) is 40.6 Å². The van der Waals surface area contributed by atoms with Crippen LogP contribution in [0.5, 0.6) is 0 Å². The van der Waals surface area contributed by atoms with Gasteiger partial charge in [0.2, 0.25) is 5.41 Å². The summed E-state index contributed by atoms with van der Waals surface area (Å²) in [6, 6.07) is 0. The Morgan fingerprint density at radius 3 is 0.600 bits per heavy atom. The van der Waals surface area contributed by atoms with Gasteiger partial charge in [0.25, 0.3) is 0 Å². The van der Waals surface area contributed by atoms with Crippen LogP contribution < -0.4 is 0 Å². The van der Waals surface area contributed by atoms with E-state index >= 15 is 0 Å². The van der Waals surface area contributed by atoms with Gasteiger partial charge in [-0.25, -0.2) is 0 Å². The van der Waals surface area contributed by atoms with E-state index in [4.69, 9.17) is 0 Å². The van der Waals surface area contributed by atoms with Crippen LogP contribution in [-0.2, 0) is 47.9 Å². The second-order valence-electron chi connectivity index (χ2n) is 8.07. The zero-order chi connectivity index (χ0) is 29.9. The Kier molecular flexibility index (Phi) is 25.4. The predicted molar refractivity (Wildman–Crippen MR) is 130 cm³/mol. The van der Waals surface area contributed by atoms with Crippen LogP contribution in [0.3, 0.4) is 0 Å². The zero-order valence-electron chi connectivity index (χ0n) is 23.2. The van der Waals surface area contributed by atoms with Crippen molar-refractivity contribution in [1.29, 1.82) is 0 Å². The SMILES string of the molecule is CC(=O)C(C(C)=O)C(=O)C(C(C)=O)(C(C)=O)C(C)=O.CC(C)=O.CC(C)=O.CC(C)=O.CC(C)=O. The lowest BCUT2D eigenvalue weighted by atomic mass is 9.68. The molecule has 10 heteroatoms. The smallest absolute Gasteiger partial charge is 0.203 e. The predicted octanol–water partition coefficient (Wildman–Crippen LogP) is 2.48. The maximum atomic E-state index is 12.3. The molecule has 0 saturated heterocycles. The normalized spacial score (nSPS) is 8.97. The lowest BCUT2D eigenvalue weighted by Gasteiger charge is -2.26. The third-order valence-electron chi connectivity index (χ3n) is 3.03. The number of ketones is 10. The molecule has 0 spiro atoms. The highest BCUT2D eigenvalue weighted by Gasteiger charge is 2.56. The molecular weight excluding hydrogens is 460 g/mol. The Hall–Kier alpha value is -3.30. The fourth-order valence-electron chi connectivity index (χ4n) is 2.14. The minimum absolute atomic E-state index is 0.167. The molecule has 0 aromatic heterocycles. The summed E-state index contributed by atoms with van der Waals surface area (Å²) in [4.78, 5) is 108. The molecule has 0 unspecified atom stereocenters. The minimum Gasteiger partial charge on any atom is -0.300 e. The van der Waals surface area contributed by atoms with Crippen molar-refractivity contribution in [3.63, 3.8) is 0 Å². The molecule has 0 aliphatic rings. The van der Waals surface area contributed by atoms with Gasteiger partial charge in [0.15, 0.2) is 23.1 Å². The van der Waals surface area contributed by atoms with Gasteiger partial charge >= 0.3 is 0 Å². The van der Waals surface area contributed by atoms with E-state index in [1.807, 2.05) is 0 Å². The third kappa shape index (κ3) is 23.6. The van der Waals surface area contributed by atoms with E-state index in [2.05, 4.69) is 0 Å². The van der Waals surface area contributed by atoms with Gasteiger partial charge in [0, 0.05) is 0 Å². The molecule has 0 atom stereocenters. The highest BCUT2D eigenvalue weighted by molar-refractivity contribution is 6.42. The second kappa shape index (κ2) is 21.2. The van der Waals surface area contributed by atoms with Gasteiger partial charge in [-0.2, -0.15) is 0 Å². The van der Waals surface area contributed by atoms with Gasteiger partial charge in [-0.3, -0.25) is 28.8 Å². The fourth-order valence-corrected chi connectivity index (χ4v) is 2.14. The highest BCUT2D eigenvalue weighted by Crippen LogP contribution is 2.28. The van der Waals surface area contributed by atoms with Crippen molar-refractivity contribution in [3.8, 4) is 0 Å². The Morgan fingerprint density at radius 1 is 0.371 bits per heavy atom. The summed E-state index contributed by atoms with van der Waals surface area (Å²) >= 11 is 0. The first-order valence-corrected chi connectivity index (χ1v) is 10.4. The Morgan fingerprint density at radius 2 is 0.514 bits per heavy atom. The second-order valence-corrected chi connectivity index (χ2v) is 8.07. The summed E-state index contributed by atoms with van der Waals surface area (Å²) < 4.78 is 0. The molecule has 0 saturated carbocycles. The first-order chi connectivity index (χ1) is 15.4. The van der Waals surface area contributed by atoms with Gasteiger partial charge < -0.3 is 19.2 Å². The number of hydrogen-bond acceptors (Lipinski definition) is 10. The van der Waals surface area contributed by atoms with Crippen LogP contribution in [0.2, 0.25) is 0 Å². The summed E-state index contributed by atoms with van der Waals surface area (Å²) in [5, 5.41) is 0. The third-order valence-corrected chi connectivity index (χ3v) is 3.03. The highest BCUT2D eigenvalue weighted by atomic mass is 16.2. The molecule has 0 heterocycles. The summed E-state index contributed by atoms with van der Waals surface area (Å²) in [5.41, 5.74) is -2.55. The van der Waals surface area contributed by atoms with Crippen LogP contribution in [0, 0.1) is 11.3 Å². The van der Waals surface area contributed by atoms with Crippen molar-refractivity contribution < 1.29 is 47.9 Å². The summed E-state index contributed by atoms with van der Waals surface area (Å²) in [6.45, 7) is 17.0. The lowest BCUT2D eigenvalue weighted by molar-refractivity contribution is -0.155. The van der Waals surface area contributed by atoms with Gasteiger partial charge in [-0.1, -0.05) is 0 Å². The molecule has 200 valence electrons. The van der Waals surface area contributed by atoms with Crippen LogP contribution in [-0.4, -0.2) is 57.8 Å². The van der Waals surface area contributed by atoms with E-state index in [0.29, 0.717) is 0 Å². The van der Waals surface area contributed by atoms with Crippen molar-refractivity contribution in [2.75, 3.05) is 0 Å². The number of rotatable bonds is 7. The molecule has 0 aromatic carbocycles. The van der Waals surface area contributed by atoms with E-state index in [9.17, 15) is 47.9 Å². The largest absolute Gasteiger partial charge is 0.300 e. The molecule has 0 rings (SSSR count). The van der Waals surface area contributed by atoms with E-state index in [-0.39, 0.29) is 23.1 Å². The van der Waals surface area contributed by atoms with Crippen molar-refractivity contribution in [3.05, 3.63) is 0 Å². The molecule has 0 amide bonds. The molecule has 0 aliphatic heterocycles. The van der Waals surface area contributed by atoms with Crippen LogP contribution in [0.15, 0.2) is 0 Å². The van der Waals surface area contributed by atoms with E-state index in [0.717, 1.165) is 34.6 Å². The number of carbonyl (C=O) groups is 10. The van der Waals surface area contributed by atoms with Crippen molar-refractivity contribution in [2.45, 2.75) is 90.0 Å². The molecule has 10 nitrogen and oxygen atoms in total. The van der Waals surface area contributed by atoms with Gasteiger partial charge in [0.05, 0.1) is 0 Å². The minimum atomic E-state index is -2.55. The number of carbonyl (C=O) groups excluding carboxylic acids is 10. The van der Waals surface area contributed by atoms with E-state index < -0.39 is 46.0 Å². The lowest BCUT2D eigenvalue weighted by Crippen LogP contribution is -2.54. The Bertz CT molecular complexity index is 717. The molecule has 35 heavy (non-hydrogen) atoms. The van der Waals surface area contributed by atoms with Crippen molar-refractivity contribution in [2.24, 2.45) is 11.3 Å². The summed E-state index contributed by atoms with van der Waals surface area (Å²) in [6.07, 6.45) is 0. The number of hydrogen-bond donors (Lipinski definition) is 0. The summed E-state index contributed by atoms with van der Waals surface area (Å²) in [7, 11) is 0. The fraction of sp³-hybridized carbons (Fsp3) is 0.600. The zero-order valence-corrected chi connectivity index (χ0v) is 23.2. The summed E-state index contributed by atoms with van der Waals surface area (Å²) in [5.74, 6) is -6.90. The van der Waals surface area contributed by atoms with Crippen LogP contribution in [0.25, 0.3) is 0 Å². The average Bonchev–Trinajstić information content (AvgIpc) is 2.50. The first kappa shape index (κ1) is 41.9. The maximum absolute atomic E-state index is 12.3. The van der Waals surface area contributed by atoms with Gasteiger partial charge in [-0.15, -0.1) is 0 Å². The molecule has 0 fully saturated rings. The van der Waals surface area contributed by atoms with Crippen molar-refractivity contribution in [1.82, 2.24) is 0 Å².